The number of nitrogens with zero attached hydrogens (tertiary/aromatic N) is 1. The van der Waals surface area contributed by atoms with Crippen LogP contribution in [0.4, 0.5) is 0 Å². The van der Waals surface area contributed by atoms with Crippen LogP contribution in [0.2, 0.25) is 0 Å². The van der Waals surface area contributed by atoms with E-state index in [-0.39, 0.29) is 49.5 Å². The highest BCUT2D eigenvalue weighted by molar-refractivity contribution is 5.96. The maximum atomic E-state index is 14.5. The van der Waals surface area contributed by atoms with E-state index in [1.54, 1.807) is 20.1 Å². The smallest absolute Gasteiger partial charge is 0.332 e. The van der Waals surface area contributed by atoms with Gasteiger partial charge in [0.05, 0.1) is 30.8 Å². The molecule has 0 bridgehead atoms. The molecule has 6 atom stereocenters. The quantitative estimate of drug-likeness (QED) is 0.134. The molecule has 0 aliphatic heterocycles. The average molecular weight is 724 g/mol. The fourth-order valence-electron chi connectivity index (χ4n) is 8.16. The molecule has 3 fully saturated rings. The number of ketones is 1. The first-order valence-corrected chi connectivity index (χ1v) is 19.0. The number of nitrogens with one attached hydrogen (secondary N) is 2. The Balaban J connectivity index is 1.31. The molecular formula is C43H53N3O7. The SMILES string of the molecule is C=C[C@@H]1C[C@]1(NC(=O)[C@@H]1C[C@@H](Oc2cc(-c3ccccc3)nc3cc(OC)ccc23)C[C@H]1C(=O)C[C@H](C(=O)NC1CCCC1)C(C)(C)C)C(=O)OCC. The molecule has 0 saturated heterocycles. The Morgan fingerprint density at radius 3 is 2.38 bits per heavy atom. The van der Waals surface area contributed by atoms with E-state index in [1.165, 1.54) is 0 Å². The number of amides is 2. The number of ether oxygens (including phenoxy) is 3. The number of fused-ring (bicyclic) bond motifs is 1. The number of benzene rings is 2. The minimum Gasteiger partial charge on any atom is -0.497 e. The van der Waals surface area contributed by atoms with E-state index in [1.807, 2.05) is 75.4 Å². The normalized spacial score (nSPS) is 24.6. The maximum absolute atomic E-state index is 14.5. The summed E-state index contributed by atoms with van der Waals surface area (Å²) in [4.78, 5) is 60.5. The number of carbonyl (C=O) groups is 4. The predicted octanol–water partition coefficient (Wildman–Crippen LogP) is 6.99. The molecule has 10 heteroatoms. The van der Waals surface area contributed by atoms with Gasteiger partial charge in [0.15, 0.2) is 0 Å². The molecule has 10 nitrogen and oxygen atoms in total. The lowest BCUT2D eigenvalue weighted by Gasteiger charge is -2.31. The van der Waals surface area contributed by atoms with Crippen molar-refractivity contribution in [3.05, 3.63) is 67.3 Å². The Labute approximate surface area is 312 Å². The van der Waals surface area contributed by atoms with Crippen LogP contribution in [0.5, 0.6) is 11.5 Å². The van der Waals surface area contributed by atoms with Crippen molar-refractivity contribution < 1.29 is 33.4 Å². The van der Waals surface area contributed by atoms with E-state index in [4.69, 9.17) is 19.2 Å². The fourth-order valence-corrected chi connectivity index (χ4v) is 8.16. The van der Waals surface area contributed by atoms with E-state index >= 15 is 0 Å². The molecule has 0 unspecified atom stereocenters. The van der Waals surface area contributed by atoms with Gasteiger partial charge in [0, 0.05) is 53.3 Å². The molecule has 3 aliphatic carbocycles. The van der Waals surface area contributed by atoms with Gasteiger partial charge >= 0.3 is 5.97 Å². The van der Waals surface area contributed by atoms with Crippen LogP contribution in [-0.2, 0) is 23.9 Å². The standard InChI is InChI=1S/C43H53N3O7/c1-7-27-25-43(27,41(50)52-8-2)46-39(48)33-21-30(20-32(33)37(47)23-34(42(3,4)5)40(49)44-28-16-12-13-17-28)53-38-24-35(26-14-10-9-11-15-26)45-36-22-29(51-6)18-19-31(36)38/h7,9-11,14-15,18-19,22,24,27-28,30,32-34H,1,8,12-13,16-17,20-21,23,25H2,2-6H3,(H,44,49)(H,46,48)/t27-,30+,32-,33-,34-,43-/m1/s1. The third-order valence-electron chi connectivity index (χ3n) is 11.4. The van der Waals surface area contributed by atoms with Crippen LogP contribution in [0.25, 0.3) is 22.2 Å². The average Bonchev–Trinajstić information content (AvgIpc) is 3.40. The Kier molecular flexibility index (Phi) is 11.3. The van der Waals surface area contributed by atoms with Gasteiger partial charge in [-0.05, 0) is 56.6 Å². The van der Waals surface area contributed by atoms with Crippen molar-refractivity contribution >= 4 is 34.5 Å². The summed E-state index contributed by atoms with van der Waals surface area (Å²) >= 11 is 0. The number of carbonyl (C=O) groups excluding carboxylic acids is 4. The van der Waals surface area contributed by atoms with E-state index < -0.39 is 46.7 Å². The van der Waals surface area contributed by atoms with E-state index in [0.29, 0.717) is 29.1 Å². The van der Waals surface area contributed by atoms with Gasteiger partial charge in [0.2, 0.25) is 11.8 Å². The third kappa shape index (κ3) is 8.26. The Bertz CT molecular complexity index is 1850. The van der Waals surface area contributed by atoms with Crippen LogP contribution in [0.1, 0.15) is 79.1 Å². The summed E-state index contributed by atoms with van der Waals surface area (Å²) in [6.07, 6.45) is 6.09. The molecule has 1 heterocycles. The molecule has 0 radical (unpaired) electrons. The molecule has 2 N–H and O–H groups in total. The largest absolute Gasteiger partial charge is 0.497 e. The Morgan fingerprint density at radius 2 is 1.74 bits per heavy atom. The second-order valence-electron chi connectivity index (χ2n) is 16.0. The molecule has 3 saturated carbocycles. The van der Waals surface area contributed by atoms with Crippen molar-refractivity contribution in [1.29, 1.82) is 0 Å². The number of pyridine rings is 1. The lowest BCUT2D eigenvalue weighted by Crippen LogP contribution is -2.49. The van der Waals surface area contributed by atoms with Gasteiger partial charge in [-0.1, -0.05) is 70.0 Å². The second kappa shape index (κ2) is 15.7. The van der Waals surface area contributed by atoms with Crippen LogP contribution >= 0.6 is 0 Å². The van der Waals surface area contributed by atoms with Crippen LogP contribution in [0.15, 0.2) is 67.3 Å². The number of aromatic nitrogens is 1. The van der Waals surface area contributed by atoms with Crippen molar-refractivity contribution in [3.63, 3.8) is 0 Å². The van der Waals surface area contributed by atoms with Gasteiger partial charge < -0.3 is 24.8 Å². The summed E-state index contributed by atoms with van der Waals surface area (Å²) in [5.74, 6) is -2.31. The first kappa shape index (κ1) is 38.0. The van der Waals surface area contributed by atoms with Crippen LogP contribution in [-0.4, -0.2) is 60.0 Å². The molecule has 1 aromatic heterocycles. The molecule has 0 spiro atoms. The monoisotopic (exact) mass is 723 g/mol. The number of esters is 1. The molecule has 53 heavy (non-hydrogen) atoms. The first-order chi connectivity index (χ1) is 25.4. The number of hydrogen-bond donors (Lipinski definition) is 2. The zero-order valence-electron chi connectivity index (χ0n) is 31.6. The summed E-state index contributed by atoms with van der Waals surface area (Å²) in [5, 5.41) is 6.97. The molecular weight excluding hydrogens is 670 g/mol. The van der Waals surface area contributed by atoms with Crippen LogP contribution in [0, 0.1) is 29.1 Å². The van der Waals surface area contributed by atoms with Crippen LogP contribution in [0.3, 0.4) is 0 Å². The zero-order chi connectivity index (χ0) is 37.9. The molecule has 2 aromatic carbocycles. The lowest BCUT2D eigenvalue weighted by molar-refractivity contribution is -0.150. The van der Waals surface area contributed by atoms with Gasteiger partial charge in [-0.15, -0.1) is 6.58 Å². The fraction of sp³-hybridized carbons (Fsp3) is 0.512. The summed E-state index contributed by atoms with van der Waals surface area (Å²) in [6.45, 7) is 11.7. The predicted molar refractivity (Wildman–Crippen MR) is 203 cm³/mol. The number of Topliss-reactive ketones (excluding diaryl/α,β-unsaturated/α-hetero) is 1. The van der Waals surface area contributed by atoms with Crippen LogP contribution < -0.4 is 20.1 Å². The number of hydrogen-bond acceptors (Lipinski definition) is 8. The molecule has 3 aromatic rings. The Morgan fingerprint density at radius 1 is 1.02 bits per heavy atom. The number of methoxy groups -OCH3 is 1. The van der Waals surface area contributed by atoms with Crippen molar-refractivity contribution in [2.45, 2.75) is 96.7 Å². The van der Waals surface area contributed by atoms with Gasteiger partial charge in [0.1, 0.15) is 28.9 Å². The molecule has 2 amide bonds. The maximum Gasteiger partial charge on any atom is 0.332 e. The summed E-state index contributed by atoms with van der Waals surface area (Å²) < 4.78 is 17.6. The van der Waals surface area contributed by atoms with Gasteiger partial charge in [0.25, 0.3) is 0 Å². The van der Waals surface area contributed by atoms with Gasteiger partial charge in [-0.25, -0.2) is 9.78 Å². The Hall–Kier alpha value is -4.73. The van der Waals surface area contributed by atoms with E-state index in [2.05, 4.69) is 17.2 Å². The van der Waals surface area contributed by atoms with Crippen molar-refractivity contribution in [2.24, 2.45) is 29.1 Å². The lowest BCUT2D eigenvalue weighted by atomic mass is 9.74. The van der Waals surface area contributed by atoms with Crippen molar-refractivity contribution in [2.75, 3.05) is 13.7 Å². The third-order valence-corrected chi connectivity index (χ3v) is 11.4. The second-order valence-corrected chi connectivity index (χ2v) is 16.0. The molecule has 6 rings (SSSR count). The molecule has 282 valence electrons. The van der Waals surface area contributed by atoms with E-state index in [0.717, 1.165) is 36.6 Å². The zero-order valence-corrected chi connectivity index (χ0v) is 31.6. The summed E-state index contributed by atoms with van der Waals surface area (Å²) in [7, 11) is 1.61. The van der Waals surface area contributed by atoms with Gasteiger partial charge in [-0.2, -0.15) is 0 Å². The highest BCUT2D eigenvalue weighted by Gasteiger charge is 2.62. The van der Waals surface area contributed by atoms with Crippen molar-refractivity contribution in [1.82, 2.24) is 15.6 Å². The topological polar surface area (TPSA) is 133 Å². The highest BCUT2D eigenvalue weighted by atomic mass is 16.5. The number of rotatable bonds is 14. The molecule has 3 aliphatic rings. The van der Waals surface area contributed by atoms with Crippen molar-refractivity contribution in [3.8, 4) is 22.8 Å². The van der Waals surface area contributed by atoms with E-state index in [9.17, 15) is 19.2 Å². The summed E-state index contributed by atoms with van der Waals surface area (Å²) in [6, 6.07) is 17.4. The minimum absolute atomic E-state index is 0.00232. The minimum atomic E-state index is -1.21. The highest BCUT2D eigenvalue weighted by Crippen LogP contribution is 2.47. The summed E-state index contributed by atoms with van der Waals surface area (Å²) in [5.41, 5.74) is 0.606. The van der Waals surface area contributed by atoms with Gasteiger partial charge in [-0.3, -0.25) is 14.4 Å². The first-order valence-electron chi connectivity index (χ1n) is 19.0.